The van der Waals surface area contributed by atoms with Gasteiger partial charge in [0.25, 0.3) is 5.56 Å². The second-order valence-corrected chi connectivity index (χ2v) is 9.09. The van der Waals surface area contributed by atoms with Crippen LogP contribution in [0.5, 0.6) is 0 Å². The van der Waals surface area contributed by atoms with Crippen molar-refractivity contribution in [1.82, 2.24) is 14.5 Å². The fraction of sp³-hybridized carbons (Fsp3) is 0.333. The third-order valence-electron chi connectivity index (χ3n) is 5.75. The van der Waals surface area contributed by atoms with E-state index in [9.17, 15) is 14.4 Å². The summed E-state index contributed by atoms with van der Waals surface area (Å²) in [6, 6.07) is 7.76. The standard InChI is InChI=1S/C24H24BrN3O4/c1-12-9-17(7-8-19(12)25)28-13(2)10-18(15(28)4)20(29)11-32-24(31)21-14(3)26-22(16-5-6-16)27-23(21)30/h7-10,16H,5-6,11H2,1-4H3,(H,26,27,30). The van der Waals surface area contributed by atoms with Crippen molar-refractivity contribution in [2.24, 2.45) is 0 Å². The largest absolute Gasteiger partial charge is 0.453 e. The molecular formula is C24H24BrN3O4. The number of ketones is 1. The van der Waals surface area contributed by atoms with Crippen LogP contribution in [0.1, 0.15) is 67.9 Å². The van der Waals surface area contributed by atoms with Gasteiger partial charge in [0.2, 0.25) is 5.78 Å². The number of nitrogens with zero attached hydrogens (tertiary/aromatic N) is 2. The summed E-state index contributed by atoms with van der Waals surface area (Å²) in [5.74, 6) is -0.305. The molecule has 1 saturated carbocycles. The van der Waals surface area contributed by atoms with E-state index in [1.54, 1.807) is 13.0 Å². The minimum absolute atomic E-state index is 0.155. The number of Topliss-reactive ketones (excluding diaryl/α,β-unsaturated/α-hetero) is 1. The molecule has 1 aliphatic carbocycles. The van der Waals surface area contributed by atoms with Crippen molar-refractivity contribution in [2.75, 3.05) is 6.61 Å². The van der Waals surface area contributed by atoms with E-state index in [4.69, 9.17) is 4.74 Å². The molecule has 1 aromatic carbocycles. The number of ether oxygens (including phenoxy) is 1. The molecule has 0 saturated heterocycles. The van der Waals surface area contributed by atoms with Crippen molar-refractivity contribution in [3.05, 3.63) is 78.7 Å². The highest BCUT2D eigenvalue weighted by Crippen LogP contribution is 2.37. The van der Waals surface area contributed by atoms with Gasteiger partial charge < -0.3 is 14.3 Å². The summed E-state index contributed by atoms with van der Waals surface area (Å²) in [7, 11) is 0. The summed E-state index contributed by atoms with van der Waals surface area (Å²) in [5.41, 5.74) is 3.79. The van der Waals surface area contributed by atoms with Crippen LogP contribution in [-0.2, 0) is 4.74 Å². The van der Waals surface area contributed by atoms with Crippen LogP contribution in [0.25, 0.3) is 5.69 Å². The highest BCUT2D eigenvalue weighted by molar-refractivity contribution is 9.10. The quantitative estimate of drug-likeness (QED) is 0.400. The van der Waals surface area contributed by atoms with Crippen molar-refractivity contribution >= 4 is 27.7 Å². The average Bonchev–Trinajstić information content (AvgIpc) is 3.53. The summed E-state index contributed by atoms with van der Waals surface area (Å²) in [6.45, 7) is 6.93. The molecular weight excluding hydrogens is 474 g/mol. The molecule has 2 heterocycles. The number of aromatic amines is 1. The number of rotatable bonds is 6. The first-order valence-electron chi connectivity index (χ1n) is 10.4. The summed E-state index contributed by atoms with van der Waals surface area (Å²) in [6.07, 6.45) is 1.97. The number of halogens is 1. The second-order valence-electron chi connectivity index (χ2n) is 8.24. The number of esters is 1. The molecule has 0 amide bonds. The van der Waals surface area contributed by atoms with E-state index in [0.717, 1.165) is 40.0 Å². The first-order chi connectivity index (χ1) is 15.2. The molecule has 3 aromatic rings. The van der Waals surface area contributed by atoms with Gasteiger partial charge >= 0.3 is 5.97 Å². The SMILES string of the molecule is Cc1cc(-n2c(C)cc(C(=O)COC(=O)c3c(C)nc(C4CC4)[nH]c3=O)c2C)ccc1Br. The van der Waals surface area contributed by atoms with E-state index < -0.39 is 18.1 Å². The number of nitrogens with one attached hydrogen (secondary N) is 1. The number of hydrogen-bond acceptors (Lipinski definition) is 5. The lowest BCUT2D eigenvalue weighted by Gasteiger charge is -2.12. The molecule has 0 unspecified atom stereocenters. The van der Waals surface area contributed by atoms with Crippen molar-refractivity contribution in [2.45, 2.75) is 46.5 Å². The first-order valence-corrected chi connectivity index (χ1v) is 11.2. The Hall–Kier alpha value is -3.00. The van der Waals surface area contributed by atoms with Gasteiger partial charge in [0.1, 0.15) is 11.4 Å². The van der Waals surface area contributed by atoms with E-state index in [1.807, 2.05) is 43.5 Å². The van der Waals surface area contributed by atoms with Gasteiger partial charge in [-0.15, -0.1) is 0 Å². The van der Waals surface area contributed by atoms with Gasteiger partial charge in [0.15, 0.2) is 6.61 Å². The van der Waals surface area contributed by atoms with E-state index >= 15 is 0 Å². The average molecular weight is 498 g/mol. The Balaban J connectivity index is 1.52. The van der Waals surface area contributed by atoms with Crippen molar-refractivity contribution < 1.29 is 14.3 Å². The number of aryl methyl sites for hydroxylation is 3. The van der Waals surface area contributed by atoms with Crippen LogP contribution in [0.4, 0.5) is 0 Å². The molecule has 1 aliphatic rings. The van der Waals surface area contributed by atoms with Crippen LogP contribution in [0, 0.1) is 27.7 Å². The smallest absolute Gasteiger partial charge is 0.346 e. The fourth-order valence-corrected chi connectivity index (χ4v) is 4.14. The van der Waals surface area contributed by atoms with Gasteiger partial charge in [-0.3, -0.25) is 9.59 Å². The molecule has 0 radical (unpaired) electrons. The van der Waals surface area contributed by atoms with E-state index in [2.05, 4.69) is 25.9 Å². The highest BCUT2D eigenvalue weighted by Gasteiger charge is 2.28. The minimum Gasteiger partial charge on any atom is -0.453 e. The second kappa shape index (κ2) is 8.50. The minimum atomic E-state index is -0.843. The van der Waals surface area contributed by atoms with Crippen LogP contribution >= 0.6 is 15.9 Å². The van der Waals surface area contributed by atoms with E-state index in [0.29, 0.717) is 17.1 Å². The Morgan fingerprint density at radius 2 is 1.91 bits per heavy atom. The number of carbonyl (C=O) groups excluding carboxylic acids is 2. The zero-order valence-electron chi connectivity index (χ0n) is 18.4. The number of H-pyrrole nitrogens is 1. The molecule has 1 fully saturated rings. The maximum Gasteiger partial charge on any atom is 0.346 e. The normalized spacial score (nSPS) is 13.3. The first kappa shape index (κ1) is 22.2. The van der Waals surface area contributed by atoms with Crippen molar-refractivity contribution in [3.8, 4) is 5.69 Å². The molecule has 8 heteroatoms. The summed E-state index contributed by atoms with van der Waals surface area (Å²) in [4.78, 5) is 44.7. The molecule has 1 N–H and O–H groups in total. The Morgan fingerprint density at radius 1 is 1.19 bits per heavy atom. The maximum absolute atomic E-state index is 12.8. The zero-order valence-corrected chi connectivity index (χ0v) is 20.0. The van der Waals surface area contributed by atoms with Gasteiger partial charge in [0, 0.05) is 33.0 Å². The Morgan fingerprint density at radius 3 is 2.53 bits per heavy atom. The fourth-order valence-electron chi connectivity index (χ4n) is 3.89. The monoisotopic (exact) mass is 497 g/mol. The van der Waals surface area contributed by atoms with E-state index in [1.165, 1.54) is 0 Å². The number of hydrogen-bond donors (Lipinski definition) is 1. The number of benzene rings is 1. The van der Waals surface area contributed by atoms with Crippen LogP contribution < -0.4 is 5.56 Å². The van der Waals surface area contributed by atoms with Gasteiger partial charge in [-0.05, 0) is 70.4 Å². The number of aromatic nitrogens is 3. The molecule has 166 valence electrons. The predicted molar refractivity (Wildman–Crippen MR) is 124 cm³/mol. The Bertz CT molecular complexity index is 1300. The van der Waals surface area contributed by atoms with Crippen LogP contribution in [0.2, 0.25) is 0 Å². The number of carbonyl (C=O) groups is 2. The molecule has 0 spiro atoms. The van der Waals surface area contributed by atoms with Gasteiger partial charge in [-0.2, -0.15) is 0 Å². The maximum atomic E-state index is 12.8. The molecule has 0 aliphatic heterocycles. The third-order valence-corrected chi connectivity index (χ3v) is 6.64. The van der Waals surface area contributed by atoms with Gasteiger partial charge in [0.05, 0.1) is 5.69 Å². The van der Waals surface area contributed by atoms with Crippen molar-refractivity contribution in [3.63, 3.8) is 0 Å². The van der Waals surface area contributed by atoms with E-state index in [-0.39, 0.29) is 17.3 Å². The van der Waals surface area contributed by atoms with Crippen LogP contribution in [0.15, 0.2) is 33.5 Å². The molecule has 4 rings (SSSR count). The summed E-state index contributed by atoms with van der Waals surface area (Å²) < 4.78 is 8.20. The zero-order chi connectivity index (χ0) is 23.2. The van der Waals surface area contributed by atoms with Crippen LogP contribution in [-0.4, -0.2) is 32.9 Å². The predicted octanol–water partition coefficient (Wildman–Crippen LogP) is 4.47. The third kappa shape index (κ3) is 4.19. The van der Waals surface area contributed by atoms with Gasteiger partial charge in [-0.1, -0.05) is 15.9 Å². The molecule has 32 heavy (non-hydrogen) atoms. The lowest BCUT2D eigenvalue weighted by atomic mass is 10.1. The highest BCUT2D eigenvalue weighted by atomic mass is 79.9. The molecule has 0 bridgehead atoms. The van der Waals surface area contributed by atoms with Gasteiger partial charge in [-0.25, -0.2) is 9.78 Å². The van der Waals surface area contributed by atoms with Crippen molar-refractivity contribution in [1.29, 1.82) is 0 Å². The Labute approximate surface area is 194 Å². The molecule has 2 aromatic heterocycles. The summed E-state index contributed by atoms with van der Waals surface area (Å²) in [5, 5.41) is 0. The van der Waals surface area contributed by atoms with Crippen LogP contribution in [0.3, 0.4) is 0 Å². The molecule has 7 nitrogen and oxygen atoms in total. The molecule has 0 atom stereocenters. The lowest BCUT2D eigenvalue weighted by molar-refractivity contribution is 0.0471. The topological polar surface area (TPSA) is 94.0 Å². The summed E-state index contributed by atoms with van der Waals surface area (Å²) >= 11 is 3.50. The lowest BCUT2D eigenvalue weighted by Crippen LogP contribution is -2.26. The Kier molecular flexibility index (Phi) is 5.90.